The summed E-state index contributed by atoms with van der Waals surface area (Å²) in [5.41, 5.74) is -1.55. The highest BCUT2D eigenvalue weighted by molar-refractivity contribution is 5.98. The molecule has 2 N–H and O–H groups in total. The molecule has 0 aromatic heterocycles. The topological polar surface area (TPSA) is 86.7 Å². The van der Waals surface area contributed by atoms with Gasteiger partial charge in [-0.05, 0) is 13.8 Å². The summed E-state index contributed by atoms with van der Waals surface area (Å²) in [6.07, 6.45) is -5.41. The Bertz CT molecular complexity index is 379. The van der Waals surface area contributed by atoms with Gasteiger partial charge < -0.3 is 15.3 Å². The van der Waals surface area contributed by atoms with Gasteiger partial charge in [-0.2, -0.15) is 13.2 Å². The lowest BCUT2D eigenvalue weighted by molar-refractivity contribution is -0.156. The minimum atomic E-state index is -4.56. The Morgan fingerprint density at radius 3 is 2.05 bits per heavy atom. The minimum absolute atomic E-state index is 0.794. The molecule has 0 aromatic rings. The van der Waals surface area contributed by atoms with Crippen LogP contribution in [0.15, 0.2) is 0 Å². The maximum absolute atomic E-state index is 11.8. The molecule has 0 unspecified atom stereocenters. The molecule has 0 rings (SSSR count). The maximum atomic E-state index is 11.8. The Morgan fingerprint density at radius 2 is 1.68 bits per heavy atom. The molecule has 0 aliphatic rings. The first-order chi connectivity index (χ1) is 8.38. The molecule has 0 spiro atoms. The van der Waals surface area contributed by atoms with Crippen LogP contribution in [0.5, 0.6) is 0 Å². The zero-order valence-corrected chi connectivity index (χ0v) is 10.7. The van der Waals surface area contributed by atoms with Gasteiger partial charge in [0.1, 0.15) is 18.5 Å². The van der Waals surface area contributed by atoms with Gasteiger partial charge in [0.15, 0.2) is 0 Å². The summed E-state index contributed by atoms with van der Waals surface area (Å²) in [5.74, 6) is -3.29. The summed E-state index contributed by atoms with van der Waals surface area (Å²) in [5, 5.41) is 10.4. The summed E-state index contributed by atoms with van der Waals surface area (Å²) in [7, 11) is 1.16. The van der Waals surface area contributed by atoms with Crippen molar-refractivity contribution in [3.8, 4) is 0 Å². The Balaban J connectivity index is 4.46. The predicted octanol–water partition coefficient (Wildman–Crippen LogP) is 0.377. The molecule has 0 atom stereocenters. The molecule has 0 saturated heterocycles. The smallest absolute Gasteiger partial charge is 0.405 e. The zero-order valence-electron chi connectivity index (χ0n) is 10.7. The fraction of sp³-hybridized carbons (Fsp3) is 0.700. The van der Waals surface area contributed by atoms with Crippen LogP contribution in [-0.2, 0) is 14.4 Å². The van der Waals surface area contributed by atoms with Crippen LogP contribution in [-0.4, -0.2) is 53.1 Å². The Kier molecular flexibility index (Phi) is 5.34. The van der Waals surface area contributed by atoms with E-state index in [1.165, 1.54) is 19.2 Å². The number of amides is 2. The number of nitrogens with zero attached hydrogens (tertiary/aromatic N) is 1. The Morgan fingerprint density at radius 1 is 1.21 bits per heavy atom. The number of aliphatic carboxylic acids is 1. The molecule has 19 heavy (non-hydrogen) atoms. The van der Waals surface area contributed by atoms with Crippen molar-refractivity contribution in [1.82, 2.24) is 10.2 Å². The summed E-state index contributed by atoms with van der Waals surface area (Å²) in [6.45, 7) is 0.937. The van der Waals surface area contributed by atoms with E-state index in [9.17, 15) is 27.6 Å². The van der Waals surface area contributed by atoms with Crippen molar-refractivity contribution in [2.45, 2.75) is 32.0 Å². The average Bonchev–Trinajstić information content (AvgIpc) is 2.23. The number of alkyl halides is 3. The van der Waals surface area contributed by atoms with E-state index in [0.717, 1.165) is 11.9 Å². The third-order valence-electron chi connectivity index (χ3n) is 2.53. The third kappa shape index (κ3) is 5.58. The first-order valence-electron chi connectivity index (χ1n) is 5.21. The highest BCUT2D eigenvalue weighted by Gasteiger charge is 2.36. The highest BCUT2D eigenvalue weighted by Crippen LogP contribution is 2.14. The van der Waals surface area contributed by atoms with E-state index in [-0.39, 0.29) is 0 Å². The van der Waals surface area contributed by atoms with Gasteiger partial charge in [0.2, 0.25) is 11.8 Å². The van der Waals surface area contributed by atoms with Crippen molar-refractivity contribution >= 4 is 17.8 Å². The van der Waals surface area contributed by atoms with E-state index in [4.69, 9.17) is 5.11 Å². The van der Waals surface area contributed by atoms with Crippen molar-refractivity contribution in [3.05, 3.63) is 0 Å². The van der Waals surface area contributed by atoms with Crippen LogP contribution in [0.3, 0.4) is 0 Å². The van der Waals surface area contributed by atoms with Gasteiger partial charge in [-0.3, -0.25) is 9.59 Å². The largest absolute Gasteiger partial charge is 0.480 e. The zero-order chi connectivity index (χ0) is 15.4. The normalized spacial score (nSPS) is 11.9. The highest BCUT2D eigenvalue weighted by atomic mass is 19.4. The first-order valence-corrected chi connectivity index (χ1v) is 5.21. The van der Waals surface area contributed by atoms with E-state index in [2.05, 4.69) is 0 Å². The second-order valence-corrected chi connectivity index (χ2v) is 4.39. The minimum Gasteiger partial charge on any atom is -0.480 e. The first kappa shape index (κ1) is 17.2. The number of nitrogens with one attached hydrogen (secondary N) is 1. The van der Waals surface area contributed by atoms with E-state index in [1.54, 1.807) is 0 Å². The van der Waals surface area contributed by atoms with Gasteiger partial charge in [0.05, 0.1) is 0 Å². The van der Waals surface area contributed by atoms with E-state index >= 15 is 0 Å². The SMILES string of the molecule is CN(C(=O)CC(=O)NCC(F)(F)F)C(C)(C)C(=O)O. The lowest BCUT2D eigenvalue weighted by Crippen LogP contribution is -2.51. The van der Waals surface area contributed by atoms with Gasteiger partial charge in [0.25, 0.3) is 0 Å². The molecule has 0 aliphatic heterocycles. The molecule has 0 fully saturated rings. The van der Waals surface area contributed by atoms with Crippen molar-refractivity contribution in [3.63, 3.8) is 0 Å². The number of likely N-dealkylation sites (N-methyl/N-ethyl adjacent to an activating group) is 1. The molecule has 6 nitrogen and oxygen atoms in total. The molecule has 0 bridgehead atoms. The molecule has 2 amide bonds. The third-order valence-corrected chi connectivity index (χ3v) is 2.53. The molecule has 9 heteroatoms. The summed E-state index contributed by atoms with van der Waals surface area (Å²) in [4.78, 5) is 34.3. The summed E-state index contributed by atoms with van der Waals surface area (Å²) >= 11 is 0. The van der Waals surface area contributed by atoms with Gasteiger partial charge >= 0.3 is 12.1 Å². The summed E-state index contributed by atoms with van der Waals surface area (Å²) in [6, 6.07) is 0. The molecule has 0 saturated carbocycles. The number of rotatable bonds is 5. The molecule has 0 aromatic carbocycles. The van der Waals surface area contributed by atoms with Gasteiger partial charge in [0, 0.05) is 7.05 Å². The number of carbonyl (C=O) groups excluding carboxylic acids is 2. The van der Waals surface area contributed by atoms with Crippen molar-refractivity contribution in [1.29, 1.82) is 0 Å². The molecule has 0 heterocycles. The number of hydrogen-bond donors (Lipinski definition) is 2. The maximum Gasteiger partial charge on any atom is 0.405 e. The number of carboxylic acids is 1. The fourth-order valence-corrected chi connectivity index (χ4v) is 0.972. The van der Waals surface area contributed by atoms with Gasteiger partial charge in [-0.25, -0.2) is 4.79 Å². The molecular weight excluding hydrogens is 269 g/mol. The number of halogens is 3. The lowest BCUT2D eigenvalue weighted by Gasteiger charge is -2.31. The second-order valence-electron chi connectivity index (χ2n) is 4.39. The van der Waals surface area contributed by atoms with Crippen LogP contribution in [0.4, 0.5) is 13.2 Å². The van der Waals surface area contributed by atoms with Crippen LogP contribution in [0.1, 0.15) is 20.3 Å². The van der Waals surface area contributed by atoms with Crippen molar-refractivity contribution in [2.75, 3.05) is 13.6 Å². The van der Waals surface area contributed by atoms with Crippen LogP contribution in [0, 0.1) is 0 Å². The van der Waals surface area contributed by atoms with E-state index in [1.807, 2.05) is 0 Å². The Labute approximate surface area is 107 Å². The fourth-order valence-electron chi connectivity index (χ4n) is 0.972. The number of carbonyl (C=O) groups is 3. The van der Waals surface area contributed by atoms with E-state index < -0.39 is 42.5 Å². The monoisotopic (exact) mass is 284 g/mol. The molecular formula is C10H15F3N2O4. The average molecular weight is 284 g/mol. The standard InChI is InChI=1S/C10H15F3N2O4/c1-9(2,8(18)19)15(3)7(17)4-6(16)14-5-10(11,12)13/h4-5H2,1-3H3,(H,14,16)(H,18,19). The van der Waals surface area contributed by atoms with Gasteiger partial charge in [-0.15, -0.1) is 0 Å². The van der Waals surface area contributed by atoms with E-state index in [0.29, 0.717) is 0 Å². The number of carboxylic acid groups (broad SMARTS) is 1. The molecule has 110 valence electrons. The molecule has 0 aliphatic carbocycles. The quantitative estimate of drug-likeness (QED) is 0.714. The van der Waals surface area contributed by atoms with Crippen LogP contribution in [0.25, 0.3) is 0 Å². The van der Waals surface area contributed by atoms with Crippen LogP contribution in [0.2, 0.25) is 0 Å². The van der Waals surface area contributed by atoms with Crippen molar-refractivity contribution < 1.29 is 32.7 Å². The Hall–Kier alpha value is -1.80. The lowest BCUT2D eigenvalue weighted by atomic mass is 10.0. The molecule has 0 radical (unpaired) electrons. The number of hydrogen-bond acceptors (Lipinski definition) is 3. The van der Waals surface area contributed by atoms with Gasteiger partial charge in [-0.1, -0.05) is 0 Å². The predicted molar refractivity (Wildman–Crippen MR) is 58.2 cm³/mol. The van der Waals surface area contributed by atoms with Crippen LogP contribution >= 0.6 is 0 Å². The summed E-state index contributed by atoms with van der Waals surface area (Å²) < 4.78 is 35.5. The van der Waals surface area contributed by atoms with Crippen LogP contribution < -0.4 is 5.32 Å². The second kappa shape index (κ2) is 5.89. The van der Waals surface area contributed by atoms with Crippen molar-refractivity contribution in [2.24, 2.45) is 0 Å².